The van der Waals surface area contributed by atoms with Gasteiger partial charge in [0.05, 0.1) is 12.2 Å². The first-order chi connectivity index (χ1) is 6.72. The molecule has 1 saturated heterocycles. The van der Waals surface area contributed by atoms with Gasteiger partial charge in [0.15, 0.2) is 6.29 Å². The van der Waals surface area contributed by atoms with E-state index >= 15 is 0 Å². The third kappa shape index (κ3) is 4.43. The van der Waals surface area contributed by atoms with Crippen LogP contribution >= 0.6 is 0 Å². The largest absolute Gasteiger partial charge is 0.350 e. The van der Waals surface area contributed by atoms with Gasteiger partial charge in [0, 0.05) is 0 Å². The number of ether oxygens (including phenoxy) is 2. The van der Waals surface area contributed by atoms with Crippen molar-refractivity contribution in [3.8, 4) is 0 Å². The maximum absolute atomic E-state index is 5.71. The maximum Gasteiger partial charge on any atom is 0.155 e. The molecule has 2 nitrogen and oxygen atoms in total. The molecule has 2 heteroatoms. The van der Waals surface area contributed by atoms with Crippen LogP contribution in [-0.2, 0) is 9.47 Å². The number of hydrogen-bond acceptors (Lipinski definition) is 2. The molecular weight excluding hydrogens is 176 g/mol. The molecule has 0 bridgehead atoms. The molecule has 1 rings (SSSR count). The predicted octanol–water partition coefficient (Wildman–Crippen LogP) is 3.50. The number of unbranched alkanes of at least 4 members (excludes halogenated alkanes) is 3. The minimum Gasteiger partial charge on any atom is -0.350 e. The van der Waals surface area contributed by atoms with Crippen LogP contribution in [0.25, 0.3) is 0 Å². The SMILES string of the molecule is CCCCCCC1CC(C)OC(C)O1. The van der Waals surface area contributed by atoms with E-state index in [1.807, 2.05) is 6.92 Å². The lowest BCUT2D eigenvalue weighted by atomic mass is 10.0. The first-order valence-corrected chi connectivity index (χ1v) is 6.03. The minimum absolute atomic E-state index is 0.00470. The molecule has 3 unspecified atom stereocenters. The van der Waals surface area contributed by atoms with Crippen molar-refractivity contribution < 1.29 is 9.47 Å². The Balaban J connectivity index is 2.10. The van der Waals surface area contributed by atoms with E-state index < -0.39 is 0 Å². The predicted molar refractivity (Wildman–Crippen MR) is 58.3 cm³/mol. The number of hydrogen-bond donors (Lipinski definition) is 0. The second-order valence-corrected chi connectivity index (χ2v) is 4.36. The average molecular weight is 200 g/mol. The van der Waals surface area contributed by atoms with Gasteiger partial charge in [0.2, 0.25) is 0 Å². The Morgan fingerprint density at radius 3 is 2.50 bits per heavy atom. The quantitative estimate of drug-likeness (QED) is 0.632. The van der Waals surface area contributed by atoms with Crippen LogP contribution in [0.2, 0.25) is 0 Å². The molecule has 0 amide bonds. The molecule has 0 aromatic rings. The molecule has 84 valence electrons. The van der Waals surface area contributed by atoms with E-state index in [4.69, 9.17) is 9.47 Å². The molecule has 3 atom stereocenters. The third-order valence-electron chi connectivity index (χ3n) is 2.78. The van der Waals surface area contributed by atoms with Gasteiger partial charge in [-0.25, -0.2) is 0 Å². The molecule has 0 N–H and O–H groups in total. The summed E-state index contributed by atoms with van der Waals surface area (Å²) in [5.74, 6) is 0. The standard InChI is InChI=1S/C12H24O2/c1-4-5-6-7-8-12-9-10(2)13-11(3)14-12/h10-12H,4-9H2,1-3H3. The zero-order valence-corrected chi connectivity index (χ0v) is 9.79. The fourth-order valence-electron chi connectivity index (χ4n) is 2.10. The zero-order chi connectivity index (χ0) is 10.4. The minimum atomic E-state index is -0.00470. The fraction of sp³-hybridized carbons (Fsp3) is 1.00. The highest BCUT2D eigenvalue weighted by Crippen LogP contribution is 2.22. The highest BCUT2D eigenvalue weighted by Gasteiger charge is 2.23. The van der Waals surface area contributed by atoms with Crippen molar-refractivity contribution in [2.24, 2.45) is 0 Å². The van der Waals surface area contributed by atoms with Gasteiger partial charge >= 0.3 is 0 Å². The van der Waals surface area contributed by atoms with Crippen molar-refractivity contribution in [1.29, 1.82) is 0 Å². The smallest absolute Gasteiger partial charge is 0.155 e. The molecule has 1 fully saturated rings. The molecule has 0 spiro atoms. The van der Waals surface area contributed by atoms with E-state index in [1.165, 1.54) is 32.1 Å². The molecule has 1 aliphatic heterocycles. The van der Waals surface area contributed by atoms with Gasteiger partial charge < -0.3 is 9.47 Å². The fourth-order valence-corrected chi connectivity index (χ4v) is 2.10. The molecule has 0 aromatic carbocycles. The lowest BCUT2D eigenvalue weighted by Gasteiger charge is -2.32. The Morgan fingerprint density at radius 1 is 1.07 bits per heavy atom. The topological polar surface area (TPSA) is 18.5 Å². The van der Waals surface area contributed by atoms with Crippen LogP contribution in [0.5, 0.6) is 0 Å². The summed E-state index contributed by atoms with van der Waals surface area (Å²) in [6.07, 6.45) is 8.39. The van der Waals surface area contributed by atoms with Crippen LogP contribution in [0.15, 0.2) is 0 Å². The van der Waals surface area contributed by atoms with Gasteiger partial charge in [-0.15, -0.1) is 0 Å². The number of rotatable bonds is 5. The third-order valence-corrected chi connectivity index (χ3v) is 2.78. The second-order valence-electron chi connectivity index (χ2n) is 4.36. The van der Waals surface area contributed by atoms with Crippen LogP contribution in [-0.4, -0.2) is 18.5 Å². The maximum atomic E-state index is 5.71. The van der Waals surface area contributed by atoms with Crippen LogP contribution < -0.4 is 0 Å². The van der Waals surface area contributed by atoms with E-state index in [2.05, 4.69) is 13.8 Å². The van der Waals surface area contributed by atoms with Crippen molar-refractivity contribution in [3.05, 3.63) is 0 Å². The molecule has 1 aliphatic rings. The zero-order valence-electron chi connectivity index (χ0n) is 9.79. The second kappa shape index (κ2) is 6.41. The van der Waals surface area contributed by atoms with Crippen LogP contribution in [0, 0.1) is 0 Å². The van der Waals surface area contributed by atoms with Crippen molar-refractivity contribution in [2.45, 2.75) is 77.8 Å². The summed E-state index contributed by atoms with van der Waals surface area (Å²) in [6, 6.07) is 0. The molecule has 0 aromatic heterocycles. The van der Waals surface area contributed by atoms with Crippen molar-refractivity contribution in [1.82, 2.24) is 0 Å². The Hall–Kier alpha value is -0.0800. The van der Waals surface area contributed by atoms with Crippen LogP contribution in [0.1, 0.15) is 59.3 Å². The lowest BCUT2D eigenvalue weighted by molar-refractivity contribution is -0.230. The van der Waals surface area contributed by atoms with Crippen LogP contribution in [0.4, 0.5) is 0 Å². The van der Waals surface area contributed by atoms with Crippen molar-refractivity contribution in [3.63, 3.8) is 0 Å². The monoisotopic (exact) mass is 200 g/mol. The summed E-state index contributed by atoms with van der Waals surface area (Å²) < 4.78 is 11.2. The molecule has 14 heavy (non-hydrogen) atoms. The van der Waals surface area contributed by atoms with E-state index in [0.717, 1.165) is 6.42 Å². The van der Waals surface area contributed by atoms with Gasteiger partial charge in [-0.3, -0.25) is 0 Å². The Kier molecular flexibility index (Phi) is 5.49. The Bertz CT molecular complexity index is 137. The average Bonchev–Trinajstić information content (AvgIpc) is 2.11. The lowest BCUT2D eigenvalue weighted by Crippen LogP contribution is -2.35. The summed E-state index contributed by atoms with van der Waals surface area (Å²) in [6.45, 7) is 6.38. The van der Waals surface area contributed by atoms with Gasteiger partial charge in [0.1, 0.15) is 0 Å². The van der Waals surface area contributed by atoms with E-state index in [-0.39, 0.29) is 6.29 Å². The van der Waals surface area contributed by atoms with Gasteiger partial charge in [0.25, 0.3) is 0 Å². The van der Waals surface area contributed by atoms with Crippen molar-refractivity contribution >= 4 is 0 Å². The first kappa shape index (κ1) is 12.0. The molecular formula is C12H24O2. The summed E-state index contributed by atoms with van der Waals surface area (Å²) in [4.78, 5) is 0. The van der Waals surface area contributed by atoms with Gasteiger partial charge in [-0.05, 0) is 26.7 Å². The highest BCUT2D eigenvalue weighted by molar-refractivity contribution is 4.68. The molecule has 1 heterocycles. The molecule has 0 saturated carbocycles. The summed E-state index contributed by atoms with van der Waals surface area (Å²) in [5, 5.41) is 0. The Labute approximate surface area is 88.0 Å². The van der Waals surface area contributed by atoms with Crippen LogP contribution in [0.3, 0.4) is 0 Å². The van der Waals surface area contributed by atoms with Gasteiger partial charge in [-0.1, -0.05) is 32.6 Å². The summed E-state index contributed by atoms with van der Waals surface area (Å²) in [5.41, 5.74) is 0. The first-order valence-electron chi connectivity index (χ1n) is 6.03. The normalized spacial score (nSPS) is 33.2. The van der Waals surface area contributed by atoms with E-state index in [1.54, 1.807) is 0 Å². The Morgan fingerprint density at radius 2 is 1.86 bits per heavy atom. The van der Waals surface area contributed by atoms with E-state index in [0.29, 0.717) is 12.2 Å². The molecule has 0 radical (unpaired) electrons. The highest BCUT2D eigenvalue weighted by atomic mass is 16.7. The van der Waals surface area contributed by atoms with Crippen molar-refractivity contribution in [2.75, 3.05) is 0 Å². The summed E-state index contributed by atoms with van der Waals surface area (Å²) in [7, 11) is 0. The summed E-state index contributed by atoms with van der Waals surface area (Å²) >= 11 is 0. The molecule has 0 aliphatic carbocycles. The van der Waals surface area contributed by atoms with Gasteiger partial charge in [-0.2, -0.15) is 0 Å². The van der Waals surface area contributed by atoms with E-state index in [9.17, 15) is 0 Å².